The van der Waals surface area contributed by atoms with E-state index in [0.29, 0.717) is 47.1 Å². The molecule has 3 rings (SSSR count). The molecule has 0 N–H and O–H groups in total. The lowest BCUT2D eigenvalue weighted by Crippen LogP contribution is -2.14. The zero-order valence-corrected chi connectivity index (χ0v) is 23.6. The minimum absolute atomic E-state index is 0.00397. The molecule has 0 saturated carbocycles. The fourth-order valence-corrected chi connectivity index (χ4v) is 4.20. The molecule has 39 heavy (non-hydrogen) atoms. The molecule has 1 aromatic carbocycles. The van der Waals surface area contributed by atoms with Gasteiger partial charge in [-0.2, -0.15) is 4.98 Å². The van der Waals surface area contributed by atoms with Gasteiger partial charge < -0.3 is 23.4 Å². The zero-order chi connectivity index (χ0) is 28.0. The number of carbonyl (C=O) groups excluding carboxylic acids is 1. The van der Waals surface area contributed by atoms with E-state index in [2.05, 4.69) is 4.98 Å². The van der Waals surface area contributed by atoms with Gasteiger partial charge in [-0.25, -0.2) is 4.79 Å². The molecule has 0 bridgehead atoms. The zero-order valence-electron chi connectivity index (χ0n) is 23.6. The van der Waals surface area contributed by atoms with Crippen LogP contribution in [0, 0.1) is 5.92 Å². The van der Waals surface area contributed by atoms with E-state index >= 15 is 0 Å². The molecule has 1 unspecified atom stereocenters. The van der Waals surface area contributed by atoms with E-state index in [9.17, 15) is 9.59 Å². The summed E-state index contributed by atoms with van der Waals surface area (Å²) in [4.78, 5) is 28.7. The van der Waals surface area contributed by atoms with Crippen molar-refractivity contribution in [3.63, 3.8) is 0 Å². The molecule has 0 aliphatic rings. The number of methoxy groups -OCH3 is 2. The van der Waals surface area contributed by atoms with Crippen molar-refractivity contribution in [1.82, 2.24) is 4.98 Å². The largest absolute Gasteiger partial charge is 0.497 e. The number of ether oxygens (including phenoxy) is 4. The van der Waals surface area contributed by atoms with Crippen molar-refractivity contribution < 1.29 is 28.2 Å². The van der Waals surface area contributed by atoms with Gasteiger partial charge in [-0.1, -0.05) is 52.4 Å². The van der Waals surface area contributed by atoms with Gasteiger partial charge >= 0.3 is 11.6 Å². The summed E-state index contributed by atoms with van der Waals surface area (Å²) in [5.74, 6) is 1.51. The summed E-state index contributed by atoms with van der Waals surface area (Å²) < 4.78 is 27.3. The Morgan fingerprint density at radius 3 is 2.23 bits per heavy atom. The highest BCUT2D eigenvalue weighted by Gasteiger charge is 2.15. The molecular weight excluding hydrogens is 498 g/mol. The van der Waals surface area contributed by atoms with Gasteiger partial charge in [0.05, 0.1) is 38.9 Å². The average molecular weight is 540 g/mol. The van der Waals surface area contributed by atoms with Gasteiger partial charge in [-0.15, -0.1) is 0 Å². The Hall–Kier alpha value is -3.55. The van der Waals surface area contributed by atoms with Crippen molar-refractivity contribution in [1.29, 1.82) is 0 Å². The average Bonchev–Trinajstić information content (AvgIpc) is 2.96. The maximum Gasteiger partial charge on any atom is 0.345 e. The van der Waals surface area contributed by atoms with Crippen LogP contribution in [0.5, 0.6) is 17.4 Å². The van der Waals surface area contributed by atoms with E-state index in [1.54, 1.807) is 44.6 Å². The standard InChI is InChI=1S/C31H41NO7/c1-5-22(2)30(33)38-19-13-11-9-7-6-8-10-12-18-37-28-17-14-23-20-26(31(34)39-29(23)32-28)25-16-15-24(35-3)21-27(25)36-4/h14-17,20-22H,5-13,18-19H2,1-4H3. The van der Waals surface area contributed by atoms with Crippen molar-refractivity contribution in [2.24, 2.45) is 5.92 Å². The molecule has 0 aliphatic heterocycles. The van der Waals surface area contributed by atoms with Crippen molar-refractivity contribution in [3.8, 4) is 28.5 Å². The second-order valence-corrected chi connectivity index (χ2v) is 9.71. The van der Waals surface area contributed by atoms with Crippen LogP contribution < -0.4 is 19.8 Å². The van der Waals surface area contributed by atoms with Gasteiger partial charge in [0, 0.05) is 23.1 Å². The predicted molar refractivity (Wildman–Crippen MR) is 152 cm³/mol. The molecule has 8 nitrogen and oxygen atoms in total. The highest BCUT2D eigenvalue weighted by atomic mass is 16.5. The number of hydrogen-bond donors (Lipinski definition) is 0. The number of pyridine rings is 1. The van der Waals surface area contributed by atoms with Crippen LogP contribution in [0.2, 0.25) is 0 Å². The quantitative estimate of drug-likeness (QED) is 0.134. The first-order valence-corrected chi connectivity index (χ1v) is 13.9. The van der Waals surface area contributed by atoms with Gasteiger partial charge in [0.2, 0.25) is 11.6 Å². The van der Waals surface area contributed by atoms with Gasteiger partial charge in [-0.05, 0) is 43.5 Å². The Morgan fingerprint density at radius 2 is 1.56 bits per heavy atom. The molecular formula is C31H41NO7. The Labute approximate surface area is 230 Å². The lowest BCUT2D eigenvalue weighted by Gasteiger charge is -2.10. The Bertz CT molecular complexity index is 1250. The summed E-state index contributed by atoms with van der Waals surface area (Å²) in [7, 11) is 3.12. The Kier molecular flexibility index (Phi) is 12.1. The number of unbranched alkanes of at least 4 members (excludes halogenated alkanes) is 7. The van der Waals surface area contributed by atoms with Crippen LogP contribution >= 0.6 is 0 Å². The predicted octanol–water partition coefficient (Wildman–Crippen LogP) is 6.96. The lowest BCUT2D eigenvalue weighted by molar-refractivity contribution is -0.148. The van der Waals surface area contributed by atoms with Crippen LogP contribution in [0.1, 0.15) is 71.6 Å². The Morgan fingerprint density at radius 1 is 0.872 bits per heavy atom. The van der Waals surface area contributed by atoms with E-state index in [-0.39, 0.29) is 17.6 Å². The van der Waals surface area contributed by atoms with Crippen molar-refractivity contribution >= 4 is 17.1 Å². The van der Waals surface area contributed by atoms with Gasteiger partial charge in [0.1, 0.15) is 11.5 Å². The molecule has 0 spiro atoms. The van der Waals surface area contributed by atoms with Crippen molar-refractivity contribution in [3.05, 3.63) is 46.8 Å². The number of nitrogens with zero attached hydrogens (tertiary/aromatic N) is 1. The highest BCUT2D eigenvalue weighted by Crippen LogP contribution is 2.33. The molecule has 0 saturated heterocycles. The van der Waals surface area contributed by atoms with Gasteiger partial charge in [0.15, 0.2) is 0 Å². The number of fused-ring (bicyclic) bond motifs is 1. The van der Waals surface area contributed by atoms with Crippen molar-refractivity contribution in [2.75, 3.05) is 27.4 Å². The first-order chi connectivity index (χ1) is 19.0. The third-order valence-electron chi connectivity index (χ3n) is 6.82. The normalized spacial score (nSPS) is 11.8. The lowest BCUT2D eigenvalue weighted by atomic mass is 10.1. The highest BCUT2D eigenvalue weighted by molar-refractivity contribution is 5.81. The molecule has 0 fully saturated rings. The van der Waals surface area contributed by atoms with Crippen LogP contribution in [0.3, 0.4) is 0 Å². The second-order valence-electron chi connectivity index (χ2n) is 9.71. The van der Waals surface area contributed by atoms with Crippen LogP contribution in [0.25, 0.3) is 22.2 Å². The van der Waals surface area contributed by atoms with Gasteiger partial charge in [0.25, 0.3) is 0 Å². The minimum atomic E-state index is -0.497. The van der Waals surface area contributed by atoms with Crippen molar-refractivity contribution in [2.45, 2.75) is 71.6 Å². The molecule has 2 aromatic heterocycles. The third kappa shape index (κ3) is 9.01. The first-order valence-electron chi connectivity index (χ1n) is 13.9. The number of benzene rings is 1. The first kappa shape index (κ1) is 30.0. The van der Waals surface area contributed by atoms with E-state index in [1.165, 1.54) is 12.8 Å². The Balaban J connectivity index is 1.37. The molecule has 3 aromatic rings. The molecule has 2 heterocycles. The molecule has 1 atom stereocenters. The van der Waals surface area contributed by atoms with E-state index in [1.807, 2.05) is 19.9 Å². The number of esters is 1. The number of carbonyl (C=O) groups is 1. The SMILES string of the molecule is CCC(C)C(=O)OCCCCCCCCCCOc1ccc2cc(-c3ccc(OC)cc3OC)c(=O)oc2n1. The molecule has 0 radical (unpaired) electrons. The summed E-state index contributed by atoms with van der Waals surface area (Å²) in [6.07, 6.45) is 9.57. The number of aromatic nitrogens is 1. The molecule has 212 valence electrons. The van der Waals surface area contributed by atoms with E-state index in [4.69, 9.17) is 23.4 Å². The number of rotatable bonds is 17. The smallest absolute Gasteiger partial charge is 0.345 e. The van der Waals surface area contributed by atoms with Gasteiger partial charge in [-0.3, -0.25) is 4.79 Å². The summed E-state index contributed by atoms with van der Waals surface area (Å²) in [6.45, 7) is 5.00. The number of hydrogen-bond acceptors (Lipinski definition) is 8. The van der Waals surface area contributed by atoms with E-state index < -0.39 is 5.63 Å². The fourth-order valence-electron chi connectivity index (χ4n) is 4.20. The second kappa shape index (κ2) is 15.8. The summed E-state index contributed by atoms with van der Waals surface area (Å²) in [5.41, 5.74) is 0.755. The third-order valence-corrected chi connectivity index (χ3v) is 6.82. The molecule has 0 amide bonds. The van der Waals surface area contributed by atoms with Crippen LogP contribution in [0.15, 0.2) is 45.6 Å². The van der Waals surface area contributed by atoms with E-state index in [0.717, 1.165) is 44.9 Å². The maximum atomic E-state index is 12.7. The summed E-state index contributed by atoms with van der Waals surface area (Å²) in [5, 5.41) is 0.698. The molecule has 8 heteroatoms. The summed E-state index contributed by atoms with van der Waals surface area (Å²) in [6, 6.07) is 10.6. The van der Waals surface area contributed by atoms with Crippen LogP contribution in [-0.2, 0) is 9.53 Å². The summed E-state index contributed by atoms with van der Waals surface area (Å²) >= 11 is 0. The molecule has 0 aliphatic carbocycles. The van der Waals surface area contributed by atoms with Crippen LogP contribution in [-0.4, -0.2) is 38.4 Å². The fraction of sp³-hybridized carbons (Fsp3) is 0.516. The monoisotopic (exact) mass is 539 g/mol. The topological polar surface area (TPSA) is 97.1 Å². The minimum Gasteiger partial charge on any atom is -0.497 e. The van der Waals surface area contributed by atoms with Crippen LogP contribution in [0.4, 0.5) is 0 Å². The maximum absolute atomic E-state index is 12.7.